The Bertz CT molecular complexity index is 673. The Kier molecular flexibility index (Phi) is 5.84. The molecule has 1 aliphatic heterocycles. The summed E-state index contributed by atoms with van der Waals surface area (Å²) >= 11 is 0. The molecule has 0 spiro atoms. The van der Waals surface area contributed by atoms with Crippen LogP contribution in [0.2, 0.25) is 0 Å². The monoisotopic (exact) mass is 355 g/mol. The van der Waals surface area contributed by atoms with Crippen molar-refractivity contribution in [2.75, 3.05) is 11.8 Å². The molecule has 134 valence electrons. The van der Waals surface area contributed by atoms with Crippen molar-refractivity contribution in [2.45, 2.75) is 44.5 Å². The maximum Gasteiger partial charge on any atom is 0.313 e. The lowest BCUT2D eigenvalue weighted by Gasteiger charge is -2.20. The van der Waals surface area contributed by atoms with E-state index in [2.05, 4.69) is 29.4 Å². The van der Waals surface area contributed by atoms with Crippen LogP contribution < -0.4 is 15.6 Å². The van der Waals surface area contributed by atoms with Gasteiger partial charge in [0.05, 0.1) is 7.11 Å². The van der Waals surface area contributed by atoms with Gasteiger partial charge in [0.1, 0.15) is 5.92 Å². The number of carbonyl (C=O) groups is 1. The fourth-order valence-corrected chi connectivity index (χ4v) is 4.30. The highest BCUT2D eigenvalue weighted by molar-refractivity contribution is 7.93. The topological polar surface area (TPSA) is 96.5 Å². The fourth-order valence-electron chi connectivity index (χ4n) is 2.79. The van der Waals surface area contributed by atoms with Crippen molar-refractivity contribution >= 4 is 21.7 Å². The van der Waals surface area contributed by atoms with E-state index in [4.69, 9.17) is 4.74 Å². The molecule has 2 rings (SSSR count). The minimum Gasteiger partial charge on any atom is -0.469 e. The summed E-state index contributed by atoms with van der Waals surface area (Å²) in [6.45, 7) is 6.01. The van der Waals surface area contributed by atoms with E-state index < -0.39 is 27.3 Å². The Morgan fingerprint density at radius 1 is 1.25 bits per heavy atom. The molecule has 0 bridgehead atoms. The molecular weight excluding hydrogens is 330 g/mol. The summed E-state index contributed by atoms with van der Waals surface area (Å²) in [7, 11) is -2.56. The fraction of sp³-hybridized carbons (Fsp3) is 0.562. The maximum absolute atomic E-state index is 12.7. The quantitative estimate of drug-likeness (QED) is 0.670. The third kappa shape index (κ3) is 3.88. The number of hydrogen-bond acceptors (Lipinski definition) is 6. The lowest BCUT2D eigenvalue weighted by molar-refractivity contribution is -0.145. The number of ether oxygens (including phenoxy) is 1. The van der Waals surface area contributed by atoms with Crippen molar-refractivity contribution < 1.29 is 17.9 Å². The van der Waals surface area contributed by atoms with Gasteiger partial charge >= 0.3 is 5.97 Å². The summed E-state index contributed by atoms with van der Waals surface area (Å²) < 4.78 is 32.7. The highest BCUT2D eigenvalue weighted by Gasteiger charge is 2.47. The van der Waals surface area contributed by atoms with E-state index in [9.17, 15) is 13.2 Å². The second kappa shape index (κ2) is 7.50. The molecule has 24 heavy (non-hydrogen) atoms. The van der Waals surface area contributed by atoms with Crippen LogP contribution in [0, 0.1) is 5.92 Å². The number of rotatable bonds is 6. The van der Waals surface area contributed by atoms with Crippen LogP contribution in [0.5, 0.6) is 0 Å². The number of hydrogen-bond donors (Lipinski definition) is 3. The zero-order valence-electron chi connectivity index (χ0n) is 14.4. The van der Waals surface area contributed by atoms with Crippen LogP contribution in [-0.2, 0) is 19.6 Å². The molecule has 3 N–H and O–H groups in total. The van der Waals surface area contributed by atoms with Gasteiger partial charge < -0.3 is 4.74 Å². The molecule has 1 aliphatic rings. The normalized spacial score (nSPS) is 24.1. The molecular formula is C16H25N3O4S. The van der Waals surface area contributed by atoms with Crippen LogP contribution in [0.25, 0.3) is 0 Å². The highest BCUT2D eigenvalue weighted by atomic mass is 32.2. The lowest BCUT2D eigenvalue weighted by atomic mass is 10.00. The van der Waals surface area contributed by atoms with E-state index in [-0.39, 0.29) is 6.04 Å². The van der Waals surface area contributed by atoms with Crippen molar-refractivity contribution in [1.82, 2.24) is 10.9 Å². The van der Waals surface area contributed by atoms with Gasteiger partial charge in [0.2, 0.25) is 0 Å². The number of hydrazine groups is 1. The van der Waals surface area contributed by atoms with Gasteiger partial charge in [0.15, 0.2) is 5.37 Å². The summed E-state index contributed by atoms with van der Waals surface area (Å²) in [4.78, 5) is 12.0. The first-order valence-corrected chi connectivity index (χ1v) is 9.55. The Morgan fingerprint density at radius 3 is 2.38 bits per heavy atom. The summed E-state index contributed by atoms with van der Waals surface area (Å²) in [5, 5.41) is -1.10. The molecule has 3 unspecified atom stereocenters. The number of nitrogens with one attached hydrogen (secondary N) is 3. The van der Waals surface area contributed by atoms with Crippen molar-refractivity contribution in [1.29, 1.82) is 0 Å². The molecule has 1 heterocycles. The first-order chi connectivity index (χ1) is 11.3. The molecule has 0 aromatic heterocycles. The molecule has 1 aromatic rings. The number of anilines is 1. The maximum atomic E-state index is 12.7. The SMILES string of the molecule is CCC1NNC(S(=O)(=O)Nc2ccc(C(C)C)cc2)C1C(=O)OC. The standard InChI is InChI=1S/C16H25N3O4S/c1-5-13-14(16(20)23-4)15(18-17-13)24(21,22)19-12-8-6-11(7-9-12)10(2)3/h6-10,13-15,17-19H,5H2,1-4H3. The zero-order chi connectivity index (χ0) is 17.9. The van der Waals surface area contributed by atoms with Gasteiger partial charge in [-0.05, 0) is 30.0 Å². The number of esters is 1. The third-order valence-electron chi connectivity index (χ3n) is 4.26. The molecule has 0 radical (unpaired) electrons. The Balaban J connectivity index is 2.21. The second-order valence-corrected chi connectivity index (χ2v) is 8.00. The molecule has 0 saturated carbocycles. The van der Waals surface area contributed by atoms with Crippen LogP contribution in [-0.4, -0.2) is 32.9 Å². The van der Waals surface area contributed by atoms with E-state index in [0.29, 0.717) is 18.0 Å². The lowest BCUT2D eigenvalue weighted by Crippen LogP contribution is -2.44. The summed E-state index contributed by atoms with van der Waals surface area (Å²) in [5.74, 6) is -0.998. The molecule has 1 saturated heterocycles. The predicted octanol–water partition coefficient (Wildman–Crippen LogP) is 1.55. The number of sulfonamides is 1. The van der Waals surface area contributed by atoms with Crippen molar-refractivity contribution in [3.63, 3.8) is 0 Å². The van der Waals surface area contributed by atoms with Crippen LogP contribution in [0.3, 0.4) is 0 Å². The van der Waals surface area contributed by atoms with Crippen LogP contribution in [0.1, 0.15) is 38.7 Å². The Hall–Kier alpha value is -1.64. The Labute approximate surface area is 143 Å². The van der Waals surface area contributed by atoms with Crippen molar-refractivity contribution in [3.05, 3.63) is 29.8 Å². The minimum atomic E-state index is -3.82. The first-order valence-electron chi connectivity index (χ1n) is 8.00. The van der Waals surface area contributed by atoms with Gasteiger partial charge in [-0.1, -0.05) is 32.9 Å². The van der Waals surface area contributed by atoms with Gasteiger partial charge in [0, 0.05) is 11.7 Å². The van der Waals surface area contributed by atoms with Gasteiger partial charge in [-0.2, -0.15) is 0 Å². The van der Waals surface area contributed by atoms with E-state index in [1.165, 1.54) is 7.11 Å². The molecule has 3 atom stereocenters. The number of benzene rings is 1. The summed E-state index contributed by atoms with van der Waals surface area (Å²) in [6, 6.07) is 6.91. The van der Waals surface area contributed by atoms with Gasteiger partial charge in [0.25, 0.3) is 10.0 Å². The van der Waals surface area contributed by atoms with Crippen LogP contribution in [0.15, 0.2) is 24.3 Å². The van der Waals surface area contributed by atoms with E-state index in [1.54, 1.807) is 12.1 Å². The number of methoxy groups -OCH3 is 1. The second-order valence-electron chi connectivity index (χ2n) is 6.20. The molecule has 7 nitrogen and oxygen atoms in total. The molecule has 1 fully saturated rings. The molecule has 0 aliphatic carbocycles. The molecule has 1 aromatic carbocycles. The molecule has 8 heteroatoms. The first kappa shape index (κ1) is 18.7. The summed E-state index contributed by atoms with van der Waals surface area (Å²) in [6.07, 6.45) is 0.599. The number of carbonyl (C=O) groups excluding carboxylic acids is 1. The zero-order valence-corrected chi connectivity index (χ0v) is 15.2. The van der Waals surface area contributed by atoms with E-state index in [0.717, 1.165) is 5.56 Å². The Morgan fingerprint density at radius 2 is 1.88 bits per heavy atom. The summed E-state index contributed by atoms with van der Waals surface area (Å²) in [5.41, 5.74) is 7.16. The van der Waals surface area contributed by atoms with E-state index >= 15 is 0 Å². The van der Waals surface area contributed by atoms with Crippen LogP contribution in [0.4, 0.5) is 5.69 Å². The molecule has 0 amide bonds. The van der Waals surface area contributed by atoms with Crippen molar-refractivity contribution in [3.8, 4) is 0 Å². The van der Waals surface area contributed by atoms with Gasteiger partial charge in [-0.25, -0.2) is 13.8 Å². The average molecular weight is 355 g/mol. The van der Waals surface area contributed by atoms with Crippen molar-refractivity contribution in [2.24, 2.45) is 5.92 Å². The predicted molar refractivity (Wildman–Crippen MR) is 92.7 cm³/mol. The van der Waals surface area contributed by atoms with Gasteiger partial charge in [-0.3, -0.25) is 14.9 Å². The van der Waals surface area contributed by atoms with E-state index in [1.807, 2.05) is 19.1 Å². The average Bonchev–Trinajstić information content (AvgIpc) is 2.99. The smallest absolute Gasteiger partial charge is 0.313 e. The third-order valence-corrected chi connectivity index (χ3v) is 5.86. The largest absolute Gasteiger partial charge is 0.469 e. The minimum absolute atomic E-state index is 0.303. The van der Waals surface area contributed by atoms with Gasteiger partial charge in [-0.15, -0.1) is 0 Å². The highest BCUT2D eigenvalue weighted by Crippen LogP contribution is 2.25. The van der Waals surface area contributed by atoms with Crippen LogP contribution >= 0.6 is 0 Å².